The summed E-state index contributed by atoms with van der Waals surface area (Å²) in [5, 5.41) is 22.0. The number of hydrogen-bond acceptors (Lipinski definition) is 4. The molecule has 0 saturated carbocycles. The Morgan fingerprint density at radius 1 is 1.17 bits per heavy atom. The van der Waals surface area contributed by atoms with Crippen LogP contribution in [0.4, 0.5) is 0 Å². The van der Waals surface area contributed by atoms with Gasteiger partial charge in [0.25, 0.3) is 0 Å². The predicted molar refractivity (Wildman–Crippen MR) is 73.8 cm³/mol. The standard InChI is InChI=1S/C14H24N2O2/c1-10(2)12(16(3)4)9-15-8-11-5-6-13(17)14(18)7-11/h5-7,10,12,15,17-18H,8-9H2,1-4H3. The molecule has 18 heavy (non-hydrogen) atoms. The smallest absolute Gasteiger partial charge is 0.157 e. The summed E-state index contributed by atoms with van der Waals surface area (Å²) >= 11 is 0. The molecule has 1 aromatic carbocycles. The van der Waals surface area contributed by atoms with E-state index in [0.717, 1.165) is 12.1 Å². The van der Waals surface area contributed by atoms with Gasteiger partial charge in [0.05, 0.1) is 0 Å². The molecule has 1 atom stereocenters. The highest BCUT2D eigenvalue weighted by Crippen LogP contribution is 2.24. The predicted octanol–water partition coefficient (Wildman–Crippen LogP) is 1.77. The summed E-state index contributed by atoms with van der Waals surface area (Å²) < 4.78 is 0. The first-order valence-electron chi connectivity index (χ1n) is 6.29. The maximum atomic E-state index is 9.40. The van der Waals surface area contributed by atoms with Crippen molar-refractivity contribution in [2.75, 3.05) is 20.6 Å². The monoisotopic (exact) mass is 252 g/mol. The minimum atomic E-state index is -0.0768. The van der Waals surface area contributed by atoms with E-state index in [2.05, 4.69) is 38.2 Å². The van der Waals surface area contributed by atoms with Crippen LogP contribution in [-0.2, 0) is 6.54 Å². The molecule has 0 spiro atoms. The summed E-state index contributed by atoms with van der Waals surface area (Å²) in [6, 6.07) is 5.39. The molecule has 102 valence electrons. The van der Waals surface area contributed by atoms with Crippen LogP contribution in [0.3, 0.4) is 0 Å². The highest BCUT2D eigenvalue weighted by atomic mass is 16.3. The Hall–Kier alpha value is -1.26. The topological polar surface area (TPSA) is 55.7 Å². The average Bonchev–Trinajstić information content (AvgIpc) is 2.28. The lowest BCUT2D eigenvalue weighted by Crippen LogP contribution is -2.41. The number of benzene rings is 1. The molecule has 1 rings (SSSR count). The van der Waals surface area contributed by atoms with Gasteiger partial charge in [0, 0.05) is 19.1 Å². The van der Waals surface area contributed by atoms with E-state index in [-0.39, 0.29) is 11.5 Å². The average molecular weight is 252 g/mol. The molecule has 0 fully saturated rings. The Labute approximate surface area is 109 Å². The highest BCUT2D eigenvalue weighted by molar-refractivity contribution is 5.40. The van der Waals surface area contributed by atoms with Crippen LogP contribution in [-0.4, -0.2) is 41.8 Å². The van der Waals surface area contributed by atoms with E-state index in [0.29, 0.717) is 18.5 Å². The number of rotatable bonds is 6. The Kier molecular flexibility index (Phi) is 5.44. The first-order chi connectivity index (χ1) is 8.41. The zero-order valence-electron chi connectivity index (χ0n) is 11.6. The van der Waals surface area contributed by atoms with E-state index in [1.54, 1.807) is 6.07 Å². The van der Waals surface area contributed by atoms with E-state index in [1.165, 1.54) is 6.07 Å². The third-order valence-corrected chi connectivity index (χ3v) is 3.16. The zero-order chi connectivity index (χ0) is 13.7. The fourth-order valence-electron chi connectivity index (χ4n) is 2.06. The summed E-state index contributed by atoms with van der Waals surface area (Å²) in [7, 11) is 4.16. The molecular weight excluding hydrogens is 228 g/mol. The molecule has 0 amide bonds. The lowest BCUT2D eigenvalue weighted by molar-refractivity contribution is 0.224. The summed E-state index contributed by atoms with van der Waals surface area (Å²) in [6.45, 7) is 5.99. The molecule has 3 N–H and O–H groups in total. The van der Waals surface area contributed by atoms with Gasteiger partial charge in [0.1, 0.15) is 0 Å². The van der Waals surface area contributed by atoms with Crippen LogP contribution >= 0.6 is 0 Å². The largest absolute Gasteiger partial charge is 0.504 e. The Balaban J connectivity index is 2.47. The van der Waals surface area contributed by atoms with E-state index < -0.39 is 0 Å². The van der Waals surface area contributed by atoms with Crippen molar-refractivity contribution >= 4 is 0 Å². The van der Waals surface area contributed by atoms with E-state index in [4.69, 9.17) is 0 Å². The molecule has 4 heteroatoms. The lowest BCUT2D eigenvalue weighted by Gasteiger charge is -2.28. The lowest BCUT2D eigenvalue weighted by atomic mass is 10.0. The van der Waals surface area contributed by atoms with Crippen LogP contribution in [0.15, 0.2) is 18.2 Å². The first-order valence-corrected chi connectivity index (χ1v) is 6.29. The molecule has 0 saturated heterocycles. The van der Waals surface area contributed by atoms with Gasteiger partial charge < -0.3 is 20.4 Å². The van der Waals surface area contributed by atoms with Gasteiger partial charge in [-0.1, -0.05) is 19.9 Å². The Morgan fingerprint density at radius 2 is 1.83 bits per heavy atom. The van der Waals surface area contributed by atoms with Crippen LogP contribution < -0.4 is 5.32 Å². The summed E-state index contributed by atoms with van der Waals surface area (Å²) in [5.74, 6) is 0.440. The first kappa shape index (κ1) is 14.8. The third kappa shape index (κ3) is 4.20. The quantitative estimate of drug-likeness (QED) is 0.675. The molecule has 0 aliphatic heterocycles. The molecule has 0 heterocycles. The molecule has 1 aromatic rings. The van der Waals surface area contributed by atoms with E-state index in [1.807, 2.05) is 6.07 Å². The number of nitrogens with zero attached hydrogens (tertiary/aromatic N) is 1. The normalized spacial score (nSPS) is 13.2. The van der Waals surface area contributed by atoms with Crippen molar-refractivity contribution in [1.82, 2.24) is 10.2 Å². The van der Waals surface area contributed by atoms with Gasteiger partial charge in [-0.25, -0.2) is 0 Å². The number of nitrogens with one attached hydrogen (secondary N) is 1. The van der Waals surface area contributed by atoms with Crippen LogP contribution in [0.2, 0.25) is 0 Å². The minimum Gasteiger partial charge on any atom is -0.504 e. The molecule has 1 unspecified atom stereocenters. The number of hydrogen-bond donors (Lipinski definition) is 3. The fourth-order valence-corrected chi connectivity index (χ4v) is 2.06. The highest BCUT2D eigenvalue weighted by Gasteiger charge is 2.14. The van der Waals surface area contributed by atoms with Crippen LogP contribution in [0.25, 0.3) is 0 Å². The minimum absolute atomic E-state index is 0.0673. The number of likely N-dealkylation sites (N-methyl/N-ethyl adjacent to an activating group) is 1. The maximum Gasteiger partial charge on any atom is 0.157 e. The Morgan fingerprint density at radius 3 is 2.33 bits per heavy atom. The second-order valence-electron chi connectivity index (χ2n) is 5.23. The molecular formula is C14H24N2O2. The van der Waals surface area contributed by atoms with Gasteiger partial charge in [0.2, 0.25) is 0 Å². The number of phenolic OH excluding ortho intramolecular Hbond substituents is 2. The summed E-state index contributed by atoms with van der Waals surface area (Å²) in [6.07, 6.45) is 0. The second kappa shape index (κ2) is 6.61. The van der Waals surface area contributed by atoms with Crippen molar-refractivity contribution in [2.45, 2.75) is 26.4 Å². The summed E-state index contributed by atoms with van der Waals surface area (Å²) in [4.78, 5) is 2.21. The van der Waals surface area contributed by atoms with Crippen molar-refractivity contribution in [3.63, 3.8) is 0 Å². The van der Waals surface area contributed by atoms with Crippen LogP contribution in [0.1, 0.15) is 19.4 Å². The van der Waals surface area contributed by atoms with Gasteiger partial charge in [-0.3, -0.25) is 0 Å². The SMILES string of the molecule is CC(C)C(CNCc1ccc(O)c(O)c1)N(C)C. The van der Waals surface area contributed by atoms with Gasteiger partial charge in [-0.2, -0.15) is 0 Å². The van der Waals surface area contributed by atoms with Crippen molar-refractivity contribution in [3.05, 3.63) is 23.8 Å². The molecule has 0 bridgehead atoms. The molecule has 0 aliphatic rings. The second-order valence-corrected chi connectivity index (χ2v) is 5.23. The molecule has 0 aromatic heterocycles. The van der Waals surface area contributed by atoms with Crippen LogP contribution in [0, 0.1) is 5.92 Å². The van der Waals surface area contributed by atoms with Gasteiger partial charge >= 0.3 is 0 Å². The van der Waals surface area contributed by atoms with E-state index >= 15 is 0 Å². The van der Waals surface area contributed by atoms with Gasteiger partial charge in [-0.05, 0) is 37.7 Å². The van der Waals surface area contributed by atoms with Crippen molar-refractivity contribution in [3.8, 4) is 11.5 Å². The van der Waals surface area contributed by atoms with Gasteiger partial charge in [-0.15, -0.1) is 0 Å². The van der Waals surface area contributed by atoms with Crippen LogP contribution in [0.5, 0.6) is 11.5 Å². The van der Waals surface area contributed by atoms with Crippen molar-refractivity contribution < 1.29 is 10.2 Å². The van der Waals surface area contributed by atoms with Crippen molar-refractivity contribution in [1.29, 1.82) is 0 Å². The number of phenols is 2. The fraction of sp³-hybridized carbons (Fsp3) is 0.571. The zero-order valence-corrected chi connectivity index (χ0v) is 11.6. The summed E-state index contributed by atoms with van der Waals surface area (Å²) in [5.41, 5.74) is 0.964. The van der Waals surface area contributed by atoms with Gasteiger partial charge in [0.15, 0.2) is 11.5 Å². The third-order valence-electron chi connectivity index (χ3n) is 3.16. The molecule has 4 nitrogen and oxygen atoms in total. The molecule has 0 radical (unpaired) electrons. The number of aromatic hydroxyl groups is 2. The van der Waals surface area contributed by atoms with E-state index in [9.17, 15) is 10.2 Å². The molecule has 0 aliphatic carbocycles. The maximum absolute atomic E-state index is 9.40. The van der Waals surface area contributed by atoms with Crippen molar-refractivity contribution in [2.24, 2.45) is 5.92 Å². The Bertz CT molecular complexity index is 370.